The zero-order valence-electron chi connectivity index (χ0n) is 12.5. The third kappa shape index (κ3) is 6.35. The molecule has 0 aliphatic rings. The number of anilines is 1. The molecule has 0 unspecified atom stereocenters. The van der Waals surface area contributed by atoms with Gasteiger partial charge in [0.2, 0.25) is 5.91 Å². The predicted molar refractivity (Wildman–Crippen MR) is 78.6 cm³/mol. The Bertz CT molecular complexity index is 495. The average Bonchev–Trinajstić information content (AvgIpc) is 2.35. The molecule has 0 radical (unpaired) electrons. The number of nitrogens with zero attached hydrogens (tertiary/aromatic N) is 1. The summed E-state index contributed by atoms with van der Waals surface area (Å²) in [5.74, 6) is -1.53. The van der Waals surface area contributed by atoms with Crippen LogP contribution in [0.2, 0.25) is 0 Å². The standard InChI is InChI=1S/C15H21FN2O3/c1-15(2,3)18(9-8-14(20)21)10-13(19)17-12-6-4-11(16)5-7-12/h4-7H,8-10H2,1-3H3,(H,17,19)(H,20,21). The molecule has 1 rings (SSSR count). The highest BCUT2D eigenvalue weighted by Gasteiger charge is 2.24. The highest BCUT2D eigenvalue weighted by molar-refractivity contribution is 5.92. The molecule has 0 saturated carbocycles. The second-order valence-electron chi connectivity index (χ2n) is 5.79. The quantitative estimate of drug-likeness (QED) is 0.845. The molecular weight excluding hydrogens is 275 g/mol. The SMILES string of the molecule is CC(C)(C)N(CCC(=O)O)CC(=O)Nc1ccc(F)cc1. The number of amides is 1. The topological polar surface area (TPSA) is 69.6 Å². The van der Waals surface area contributed by atoms with E-state index in [4.69, 9.17) is 5.11 Å². The van der Waals surface area contributed by atoms with Gasteiger partial charge in [0.15, 0.2) is 0 Å². The highest BCUT2D eigenvalue weighted by Crippen LogP contribution is 2.14. The van der Waals surface area contributed by atoms with Crippen LogP contribution in [0.1, 0.15) is 27.2 Å². The van der Waals surface area contributed by atoms with E-state index in [1.54, 1.807) is 4.90 Å². The molecule has 0 spiro atoms. The van der Waals surface area contributed by atoms with Crippen molar-refractivity contribution in [3.63, 3.8) is 0 Å². The predicted octanol–water partition coefficient (Wildman–Crippen LogP) is 2.34. The number of carboxylic acid groups (broad SMARTS) is 1. The van der Waals surface area contributed by atoms with Crippen LogP contribution in [0, 0.1) is 5.82 Å². The van der Waals surface area contributed by atoms with Crippen LogP contribution in [0.5, 0.6) is 0 Å². The van der Waals surface area contributed by atoms with Crippen molar-refractivity contribution >= 4 is 17.6 Å². The Labute approximate surface area is 123 Å². The van der Waals surface area contributed by atoms with Gasteiger partial charge < -0.3 is 10.4 Å². The van der Waals surface area contributed by atoms with Crippen molar-refractivity contribution in [1.82, 2.24) is 4.90 Å². The number of halogens is 1. The Kier molecular flexibility index (Phi) is 5.84. The minimum Gasteiger partial charge on any atom is -0.481 e. The van der Waals surface area contributed by atoms with E-state index in [1.807, 2.05) is 20.8 Å². The summed E-state index contributed by atoms with van der Waals surface area (Å²) >= 11 is 0. The first kappa shape index (κ1) is 17.1. The van der Waals surface area contributed by atoms with Gasteiger partial charge in [-0.25, -0.2) is 4.39 Å². The second-order valence-corrected chi connectivity index (χ2v) is 5.79. The van der Waals surface area contributed by atoms with E-state index in [1.165, 1.54) is 24.3 Å². The fraction of sp³-hybridized carbons (Fsp3) is 0.467. The molecule has 0 bridgehead atoms. The molecule has 6 heteroatoms. The van der Waals surface area contributed by atoms with Gasteiger partial charge in [0.1, 0.15) is 5.82 Å². The monoisotopic (exact) mass is 296 g/mol. The Balaban J connectivity index is 2.63. The lowest BCUT2D eigenvalue weighted by Gasteiger charge is -2.34. The highest BCUT2D eigenvalue weighted by atomic mass is 19.1. The maximum Gasteiger partial charge on any atom is 0.304 e. The minimum atomic E-state index is -0.900. The number of nitrogens with one attached hydrogen (secondary N) is 1. The van der Waals surface area contributed by atoms with Crippen molar-refractivity contribution in [2.75, 3.05) is 18.4 Å². The van der Waals surface area contributed by atoms with Crippen LogP contribution in [-0.4, -0.2) is 40.5 Å². The number of benzene rings is 1. The first-order chi connectivity index (χ1) is 9.68. The molecule has 116 valence electrons. The van der Waals surface area contributed by atoms with E-state index in [9.17, 15) is 14.0 Å². The second kappa shape index (κ2) is 7.17. The lowest BCUT2D eigenvalue weighted by atomic mass is 10.1. The molecular formula is C15H21FN2O3. The summed E-state index contributed by atoms with van der Waals surface area (Å²) in [5, 5.41) is 11.4. The normalized spacial score (nSPS) is 11.5. The summed E-state index contributed by atoms with van der Waals surface area (Å²) in [7, 11) is 0. The molecule has 0 saturated heterocycles. The molecule has 5 nitrogen and oxygen atoms in total. The molecule has 1 aromatic carbocycles. The number of carbonyl (C=O) groups is 2. The lowest BCUT2D eigenvalue weighted by Crippen LogP contribution is -2.46. The third-order valence-electron chi connectivity index (χ3n) is 3.01. The zero-order chi connectivity index (χ0) is 16.0. The smallest absolute Gasteiger partial charge is 0.304 e. The number of carbonyl (C=O) groups excluding carboxylic acids is 1. The molecule has 0 aliphatic carbocycles. The molecule has 1 aromatic rings. The van der Waals surface area contributed by atoms with Gasteiger partial charge in [-0.1, -0.05) is 0 Å². The van der Waals surface area contributed by atoms with Crippen LogP contribution in [-0.2, 0) is 9.59 Å². The van der Waals surface area contributed by atoms with Crippen LogP contribution < -0.4 is 5.32 Å². The molecule has 2 N–H and O–H groups in total. The van der Waals surface area contributed by atoms with Crippen molar-refractivity contribution in [2.24, 2.45) is 0 Å². The van der Waals surface area contributed by atoms with Gasteiger partial charge in [0.05, 0.1) is 13.0 Å². The van der Waals surface area contributed by atoms with Crippen LogP contribution in [0.25, 0.3) is 0 Å². The fourth-order valence-electron chi connectivity index (χ4n) is 1.79. The lowest BCUT2D eigenvalue weighted by molar-refractivity contribution is -0.138. The number of aliphatic carboxylic acids is 1. The van der Waals surface area contributed by atoms with E-state index in [-0.39, 0.29) is 36.8 Å². The van der Waals surface area contributed by atoms with Crippen molar-refractivity contribution in [2.45, 2.75) is 32.7 Å². The summed E-state index contributed by atoms with van der Waals surface area (Å²) in [4.78, 5) is 24.5. The van der Waals surface area contributed by atoms with Crippen molar-refractivity contribution < 1.29 is 19.1 Å². The van der Waals surface area contributed by atoms with Crippen LogP contribution in [0.15, 0.2) is 24.3 Å². The van der Waals surface area contributed by atoms with Gasteiger partial charge in [-0.2, -0.15) is 0 Å². The molecule has 1 amide bonds. The number of hydrogen-bond donors (Lipinski definition) is 2. The maximum absolute atomic E-state index is 12.8. The number of hydrogen-bond acceptors (Lipinski definition) is 3. The number of carboxylic acids is 1. The van der Waals surface area contributed by atoms with Gasteiger partial charge >= 0.3 is 5.97 Å². The van der Waals surface area contributed by atoms with Crippen LogP contribution in [0.3, 0.4) is 0 Å². The molecule has 0 aromatic heterocycles. The number of rotatable bonds is 6. The first-order valence-corrected chi connectivity index (χ1v) is 6.71. The molecule has 0 atom stereocenters. The fourth-order valence-corrected chi connectivity index (χ4v) is 1.79. The summed E-state index contributed by atoms with van der Waals surface area (Å²) in [6.45, 7) is 6.11. The van der Waals surface area contributed by atoms with E-state index in [0.29, 0.717) is 5.69 Å². The Hall–Kier alpha value is -1.95. The summed E-state index contributed by atoms with van der Waals surface area (Å²) < 4.78 is 12.8. The third-order valence-corrected chi connectivity index (χ3v) is 3.01. The van der Waals surface area contributed by atoms with Gasteiger partial charge in [-0.3, -0.25) is 14.5 Å². The van der Waals surface area contributed by atoms with E-state index in [0.717, 1.165) is 0 Å². The molecule has 21 heavy (non-hydrogen) atoms. The largest absolute Gasteiger partial charge is 0.481 e. The van der Waals surface area contributed by atoms with E-state index >= 15 is 0 Å². The maximum atomic E-state index is 12.8. The Morgan fingerprint density at radius 3 is 2.29 bits per heavy atom. The van der Waals surface area contributed by atoms with Gasteiger partial charge in [-0.05, 0) is 45.0 Å². The first-order valence-electron chi connectivity index (χ1n) is 6.71. The molecule has 0 heterocycles. The van der Waals surface area contributed by atoms with Crippen molar-refractivity contribution in [1.29, 1.82) is 0 Å². The Morgan fingerprint density at radius 1 is 1.24 bits per heavy atom. The van der Waals surface area contributed by atoms with Gasteiger partial charge in [0.25, 0.3) is 0 Å². The van der Waals surface area contributed by atoms with Gasteiger partial charge in [0, 0.05) is 17.8 Å². The summed E-state index contributed by atoms with van der Waals surface area (Å²) in [6.07, 6.45) is -0.0267. The Morgan fingerprint density at radius 2 is 1.81 bits per heavy atom. The minimum absolute atomic E-state index is 0.0267. The van der Waals surface area contributed by atoms with Crippen molar-refractivity contribution in [3.05, 3.63) is 30.1 Å². The molecule has 0 aliphatic heterocycles. The molecule has 0 fully saturated rings. The summed E-state index contributed by atoms with van der Waals surface area (Å²) in [6, 6.07) is 5.49. The zero-order valence-corrected chi connectivity index (χ0v) is 12.5. The van der Waals surface area contributed by atoms with Crippen LogP contribution in [0.4, 0.5) is 10.1 Å². The van der Waals surface area contributed by atoms with Crippen LogP contribution >= 0.6 is 0 Å². The van der Waals surface area contributed by atoms with Gasteiger partial charge in [-0.15, -0.1) is 0 Å². The van der Waals surface area contributed by atoms with Crippen molar-refractivity contribution in [3.8, 4) is 0 Å². The van der Waals surface area contributed by atoms with E-state index in [2.05, 4.69) is 5.32 Å². The van der Waals surface area contributed by atoms with E-state index < -0.39 is 5.97 Å². The summed E-state index contributed by atoms with van der Waals surface area (Å²) in [5.41, 5.74) is 0.184. The average molecular weight is 296 g/mol.